The number of hydrogen-bond acceptors (Lipinski definition) is 5. The SMILES string of the molecule is CO[C@@H](CNS(=O)(=O)C[C@]12CC[C@H](CC1=O)C2(C)C)c1ccc(C)s1. The molecule has 0 unspecified atom stereocenters. The molecule has 0 amide bonds. The third kappa shape index (κ3) is 3.20. The summed E-state index contributed by atoms with van der Waals surface area (Å²) in [5, 5.41) is 0. The molecule has 0 aromatic carbocycles. The van der Waals surface area contributed by atoms with Gasteiger partial charge >= 0.3 is 0 Å². The average molecular weight is 386 g/mol. The molecule has 1 heterocycles. The van der Waals surface area contributed by atoms with Crippen molar-refractivity contribution < 1.29 is 17.9 Å². The van der Waals surface area contributed by atoms with Crippen LogP contribution in [0.4, 0.5) is 0 Å². The molecule has 1 N–H and O–H groups in total. The van der Waals surface area contributed by atoms with E-state index >= 15 is 0 Å². The van der Waals surface area contributed by atoms with E-state index in [1.54, 1.807) is 18.4 Å². The number of nitrogens with one attached hydrogen (secondary N) is 1. The van der Waals surface area contributed by atoms with Gasteiger partial charge < -0.3 is 4.74 Å². The zero-order valence-corrected chi connectivity index (χ0v) is 16.9. The van der Waals surface area contributed by atoms with Gasteiger partial charge in [0.2, 0.25) is 10.0 Å². The Bertz CT molecular complexity index is 768. The third-order valence-corrected chi connectivity index (χ3v) is 9.00. The Morgan fingerprint density at radius 2 is 2.12 bits per heavy atom. The monoisotopic (exact) mass is 385 g/mol. The summed E-state index contributed by atoms with van der Waals surface area (Å²) in [6, 6.07) is 3.96. The lowest BCUT2D eigenvalue weighted by atomic mass is 9.70. The van der Waals surface area contributed by atoms with Gasteiger partial charge in [-0.25, -0.2) is 13.1 Å². The van der Waals surface area contributed by atoms with Crippen molar-refractivity contribution in [2.45, 2.75) is 46.1 Å². The summed E-state index contributed by atoms with van der Waals surface area (Å²) in [5.41, 5.74) is -0.976. The number of carbonyl (C=O) groups excluding carboxylic acids is 1. The van der Waals surface area contributed by atoms with Gasteiger partial charge in [0.1, 0.15) is 11.9 Å². The first-order valence-electron chi connectivity index (χ1n) is 8.71. The number of ether oxygens (including phenoxy) is 1. The minimum atomic E-state index is -3.57. The van der Waals surface area contributed by atoms with Gasteiger partial charge in [-0.15, -0.1) is 11.3 Å². The first-order chi connectivity index (χ1) is 11.6. The highest BCUT2D eigenvalue weighted by atomic mass is 32.2. The van der Waals surface area contributed by atoms with E-state index < -0.39 is 15.4 Å². The Labute approximate surface area is 154 Å². The number of ketones is 1. The fraction of sp³-hybridized carbons (Fsp3) is 0.722. The van der Waals surface area contributed by atoms with E-state index in [1.807, 2.05) is 19.1 Å². The molecule has 3 atom stereocenters. The van der Waals surface area contributed by atoms with Gasteiger partial charge in [0.05, 0.1) is 5.75 Å². The zero-order valence-electron chi connectivity index (χ0n) is 15.3. The second-order valence-electron chi connectivity index (χ2n) is 7.95. The molecule has 25 heavy (non-hydrogen) atoms. The molecule has 3 rings (SSSR count). The molecular weight excluding hydrogens is 358 g/mol. The molecule has 7 heteroatoms. The van der Waals surface area contributed by atoms with E-state index in [9.17, 15) is 13.2 Å². The molecule has 5 nitrogen and oxygen atoms in total. The van der Waals surface area contributed by atoms with Crippen molar-refractivity contribution in [2.75, 3.05) is 19.4 Å². The van der Waals surface area contributed by atoms with Crippen molar-refractivity contribution in [3.05, 3.63) is 21.9 Å². The Kier molecular flexibility index (Phi) is 4.90. The van der Waals surface area contributed by atoms with Gasteiger partial charge in [0.15, 0.2) is 0 Å². The van der Waals surface area contributed by atoms with Crippen LogP contribution in [0.15, 0.2) is 12.1 Å². The maximum Gasteiger partial charge on any atom is 0.212 e. The fourth-order valence-corrected chi connectivity index (χ4v) is 7.40. The van der Waals surface area contributed by atoms with E-state index in [-0.39, 0.29) is 29.6 Å². The van der Waals surface area contributed by atoms with Gasteiger partial charge in [-0.05, 0) is 43.2 Å². The standard InChI is InChI=1S/C18H27NO4S2/c1-12-5-6-15(24-12)14(23-4)10-19-25(21,22)11-18-8-7-13(9-16(18)20)17(18,2)3/h5-6,13-14,19H,7-11H2,1-4H3/t13-,14+,18-/m1/s1. The molecule has 140 valence electrons. The summed E-state index contributed by atoms with van der Waals surface area (Å²) in [4.78, 5) is 14.7. The number of thiophene rings is 1. The Morgan fingerprint density at radius 3 is 2.60 bits per heavy atom. The molecule has 2 saturated carbocycles. The molecule has 0 saturated heterocycles. The van der Waals surface area contributed by atoms with Crippen LogP contribution in [0, 0.1) is 23.7 Å². The minimum Gasteiger partial charge on any atom is -0.375 e. The van der Waals surface area contributed by atoms with E-state index in [4.69, 9.17) is 4.74 Å². The second-order valence-corrected chi connectivity index (χ2v) is 11.1. The number of hydrogen-bond donors (Lipinski definition) is 1. The summed E-state index contributed by atoms with van der Waals surface area (Å²) in [7, 11) is -1.98. The van der Waals surface area contributed by atoms with Crippen molar-refractivity contribution in [1.82, 2.24) is 4.72 Å². The van der Waals surface area contributed by atoms with Crippen LogP contribution in [-0.2, 0) is 19.6 Å². The normalized spacial score (nSPS) is 29.3. The van der Waals surface area contributed by atoms with Crippen LogP contribution in [0.3, 0.4) is 0 Å². The molecule has 0 aliphatic heterocycles. The largest absolute Gasteiger partial charge is 0.375 e. The van der Waals surface area contributed by atoms with E-state index in [2.05, 4.69) is 18.6 Å². The number of aryl methyl sites for hydroxylation is 1. The lowest BCUT2D eigenvalue weighted by Gasteiger charge is -2.36. The summed E-state index contributed by atoms with van der Waals surface area (Å²) in [6.45, 7) is 6.30. The van der Waals surface area contributed by atoms with Crippen molar-refractivity contribution in [3.63, 3.8) is 0 Å². The molecule has 0 spiro atoms. The smallest absolute Gasteiger partial charge is 0.212 e. The van der Waals surface area contributed by atoms with E-state index in [1.165, 1.54) is 0 Å². The summed E-state index contributed by atoms with van der Waals surface area (Å²) >= 11 is 1.60. The Morgan fingerprint density at radius 1 is 1.40 bits per heavy atom. The van der Waals surface area contributed by atoms with Crippen molar-refractivity contribution in [1.29, 1.82) is 0 Å². The number of carbonyl (C=O) groups is 1. The van der Waals surface area contributed by atoms with Crippen LogP contribution in [-0.4, -0.2) is 33.6 Å². The molecule has 2 fully saturated rings. The number of rotatable bonds is 7. The highest BCUT2D eigenvalue weighted by Crippen LogP contribution is 2.64. The number of fused-ring (bicyclic) bond motifs is 2. The van der Waals surface area contributed by atoms with Crippen LogP contribution >= 0.6 is 11.3 Å². The van der Waals surface area contributed by atoms with Gasteiger partial charge in [-0.3, -0.25) is 4.79 Å². The number of methoxy groups -OCH3 is 1. The van der Waals surface area contributed by atoms with Gasteiger partial charge in [-0.2, -0.15) is 0 Å². The minimum absolute atomic E-state index is 0.109. The number of Topliss-reactive ketones (excluding diaryl/α,β-unsaturated/α-hetero) is 1. The zero-order chi connectivity index (χ0) is 18.5. The van der Waals surface area contributed by atoms with E-state index in [0.29, 0.717) is 18.8 Å². The Hall–Kier alpha value is -0.760. The van der Waals surface area contributed by atoms with Crippen molar-refractivity contribution in [3.8, 4) is 0 Å². The fourth-order valence-electron chi connectivity index (χ4n) is 4.61. The first kappa shape index (κ1) is 19.0. The summed E-state index contributed by atoms with van der Waals surface area (Å²) in [5.74, 6) is 0.328. The molecular formula is C18H27NO4S2. The lowest BCUT2D eigenvalue weighted by Crippen LogP contribution is -2.45. The first-order valence-corrected chi connectivity index (χ1v) is 11.2. The van der Waals surface area contributed by atoms with Crippen LogP contribution in [0.1, 0.15) is 49.0 Å². The van der Waals surface area contributed by atoms with Gasteiger partial charge in [-0.1, -0.05) is 13.8 Å². The van der Waals surface area contributed by atoms with Crippen molar-refractivity contribution >= 4 is 27.1 Å². The third-order valence-electron chi connectivity index (χ3n) is 6.43. The molecule has 1 aromatic heterocycles. The summed E-state index contributed by atoms with van der Waals surface area (Å²) < 4.78 is 33.6. The van der Waals surface area contributed by atoms with Crippen LogP contribution in [0.25, 0.3) is 0 Å². The topological polar surface area (TPSA) is 72.5 Å². The Balaban J connectivity index is 1.71. The predicted molar refractivity (Wildman–Crippen MR) is 99.2 cm³/mol. The number of sulfonamides is 1. The molecule has 2 bridgehead atoms. The molecule has 2 aliphatic carbocycles. The quantitative estimate of drug-likeness (QED) is 0.783. The molecule has 2 aliphatic rings. The highest BCUT2D eigenvalue weighted by molar-refractivity contribution is 7.89. The van der Waals surface area contributed by atoms with Crippen molar-refractivity contribution in [2.24, 2.45) is 16.7 Å². The van der Waals surface area contributed by atoms with Gasteiger partial charge in [0, 0.05) is 35.2 Å². The van der Waals surface area contributed by atoms with Crippen LogP contribution in [0.5, 0.6) is 0 Å². The van der Waals surface area contributed by atoms with E-state index in [0.717, 1.165) is 16.2 Å². The maximum atomic E-state index is 12.7. The van der Waals surface area contributed by atoms with Crippen LogP contribution < -0.4 is 4.72 Å². The molecule has 0 radical (unpaired) electrons. The second kappa shape index (κ2) is 6.44. The molecule has 1 aromatic rings. The van der Waals surface area contributed by atoms with Crippen LogP contribution in [0.2, 0.25) is 0 Å². The van der Waals surface area contributed by atoms with Gasteiger partial charge in [0.25, 0.3) is 0 Å². The highest BCUT2D eigenvalue weighted by Gasteiger charge is 2.65. The lowest BCUT2D eigenvalue weighted by molar-refractivity contribution is -0.128. The summed E-state index contributed by atoms with van der Waals surface area (Å²) in [6.07, 6.45) is 1.85. The average Bonchev–Trinajstić information content (AvgIpc) is 3.09. The maximum absolute atomic E-state index is 12.7. The predicted octanol–water partition coefficient (Wildman–Crippen LogP) is 3.06.